The smallest absolute Gasteiger partial charge is 0.125 e. The lowest BCUT2D eigenvalue weighted by Gasteiger charge is -2.12. The molecule has 0 amide bonds. The molecule has 0 saturated heterocycles. The molecule has 0 bridgehead atoms. The first-order chi connectivity index (χ1) is 8.70. The van der Waals surface area contributed by atoms with Crippen LogP contribution in [0.1, 0.15) is 38.7 Å². The second-order valence-electron chi connectivity index (χ2n) is 4.03. The van der Waals surface area contributed by atoms with E-state index in [9.17, 15) is 0 Å². The van der Waals surface area contributed by atoms with Gasteiger partial charge < -0.3 is 5.73 Å². The third-order valence-electron chi connectivity index (χ3n) is 2.56. The van der Waals surface area contributed by atoms with Crippen LogP contribution in [0.15, 0.2) is 28.0 Å². The van der Waals surface area contributed by atoms with E-state index < -0.39 is 0 Å². The van der Waals surface area contributed by atoms with E-state index in [4.69, 9.17) is 11.1 Å². The fourth-order valence-corrected chi connectivity index (χ4v) is 3.73. The molecule has 0 heterocycles. The molecule has 3 N–H and O–H groups in total. The van der Waals surface area contributed by atoms with Crippen molar-refractivity contribution < 1.29 is 0 Å². The fraction of sp³-hybridized carbons (Fsp3) is 0.500. The summed E-state index contributed by atoms with van der Waals surface area (Å²) in [5, 5.41) is 7.76. The second kappa shape index (κ2) is 8.48. The summed E-state index contributed by atoms with van der Waals surface area (Å²) >= 11 is 3.58. The van der Waals surface area contributed by atoms with Gasteiger partial charge in [0.1, 0.15) is 5.84 Å². The molecule has 0 aromatic heterocycles. The zero-order valence-electron chi connectivity index (χ0n) is 11.2. The number of thioether (sulfide) groups is 2. The summed E-state index contributed by atoms with van der Waals surface area (Å²) in [4.78, 5) is 2.28. The molecule has 18 heavy (non-hydrogen) atoms. The van der Waals surface area contributed by atoms with Crippen molar-refractivity contribution in [2.24, 2.45) is 5.73 Å². The SMILES string of the molecule is CCCCCSc1cccc(SCC)c1C(=N)N. The average molecular weight is 282 g/mol. The minimum Gasteiger partial charge on any atom is -0.384 e. The maximum atomic E-state index is 7.76. The lowest BCUT2D eigenvalue weighted by Crippen LogP contribution is -2.14. The van der Waals surface area contributed by atoms with Crippen molar-refractivity contribution in [2.75, 3.05) is 11.5 Å². The Hall–Kier alpha value is -0.610. The molecule has 0 aliphatic heterocycles. The number of nitrogens with one attached hydrogen (secondary N) is 1. The highest BCUT2D eigenvalue weighted by Gasteiger charge is 2.11. The van der Waals surface area contributed by atoms with Crippen LogP contribution in [0.25, 0.3) is 0 Å². The molecule has 0 unspecified atom stereocenters. The highest BCUT2D eigenvalue weighted by atomic mass is 32.2. The monoisotopic (exact) mass is 282 g/mol. The Morgan fingerprint density at radius 1 is 1.17 bits per heavy atom. The molecule has 4 heteroatoms. The van der Waals surface area contributed by atoms with E-state index in [1.54, 1.807) is 11.8 Å². The Morgan fingerprint density at radius 3 is 2.39 bits per heavy atom. The van der Waals surface area contributed by atoms with Gasteiger partial charge in [-0.1, -0.05) is 32.8 Å². The fourth-order valence-electron chi connectivity index (χ4n) is 1.71. The van der Waals surface area contributed by atoms with Gasteiger partial charge in [-0.2, -0.15) is 0 Å². The van der Waals surface area contributed by atoms with Gasteiger partial charge in [-0.25, -0.2) is 0 Å². The van der Waals surface area contributed by atoms with Crippen molar-refractivity contribution in [2.45, 2.75) is 42.9 Å². The molecule has 0 aliphatic carbocycles. The maximum absolute atomic E-state index is 7.76. The highest BCUT2D eigenvalue weighted by Crippen LogP contribution is 2.31. The lowest BCUT2D eigenvalue weighted by molar-refractivity contribution is 0.778. The van der Waals surface area contributed by atoms with E-state index in [-0.39, 0.29) is 5.84 Å². The van der Waals surface area contributed by atoms with Crippen LogP contribution in [0.4, 0.5) is 0 Å². The van der Waals surface area contributed by atoms with Crippen LogP contribution in [0.5, 0.6) is 0 Å². The summed E-state index contributed by atoms with van der Waals surface area (Å²) in [7, 11) is 0. The van der Waals surface area contributed by atoms with Crippen molar-refractivity contribution in [3.05, 3.63) is 23.8 Å². The number of hydrogen-bond donors (Lipinski definition) is 2. The van der Waals surface area contributed by atoms with Crippen molar-refractivity contribution >= 4 is 29.4 Å². The summed E-state index contributed by atoms with van der Waals surface area (Å²) in [6, 6.07) is 6.20. The molecule has 0 saturated carbocycles. The third kappa shape index (κ3) is 4.58. The third-order valence-corrected chi connectivity index (χ3v) is 4.65. The Bertz CT molecular complexity index is 391. The summed E-state index contributed by atoms with van der Waals surface area (Å²) in [5.74, 6) is 2.29. The van der Waals surface area contributed by atoms with E-state index in [2.05, 4.69) is 32.0 Å². The molecule has 1 rings (SSSR count). The molecule has 1 aromatic carbocycles. The second-order valence-corrected chi connectivity index (χ2v) is 6.47. The van der Waals surface area contributed by atoms with Crippen molar-refractivity contribution in [3.8, 4) is 0 Å². The van der Waals surface area contributed by atoms with Crippen LogP contribution in [0, 0.1) is 5.41 Å². The van der Waals surface area contributed by atoms with Crippen molar-refractivity contribution in [1.29, 1.82) is 5.41 Å². The van der Waals surface area contributed by atoms with Crippen LogP contribution < -0.4 is 5.73 Å². The summed E-state index contributed by atoms with van der Waals surface area (Å²) in [6.45, 7) is 4.33. The molecule has 0 spiro atoms. The predicted molar refractivity (Wildman–Crippen MR) is 84.1 cm³/mol. The van der Waals surface area contributed by atoms with Gasteiger partial charge >= 0.3 is 0 Å². The van der Waals surface area contributed by atoms with Crippen molar-refractivity contribution in [3.63, 3.8) is 0 Å². The number of benzene rings is 1. The first kappa shape index (κ1) is 15.4. The van der Waals surface area contributed by atoms with E-state index in [1.807, 2.05) is 11.8 Å². The summed E-state index contributed by atoms with van der Waals surface area (Å²) in [5.41, 5.74) is 6.65. The van der Waals surface area contributed by atoms with E-state index in [0.29, 0.717) is 0 Å². The molecule has 100 valence electrons. The molecular formula is C14H22N2S2. The highest BCUT2D eigenvalue weighted by molar-refractivity contribution is 8.00. The number of nitrogens with two attached hydrogens (primary N) is 1. The zero-order valence-corrected chi connectivity index (χ0v) is 12.8. The molecule has 0 radical (unpaired) electrons. The molecule has 2 nitrogen and oxygen atoms in total. The molecule has 0 fully saturated rings. The average Bonchev–Trinajstić information content (AvgIpc) is 2.35. The van der Waals surface area contributed by atoms with Gasteiger partial charge in [0.15, 0.2) is 0 Å². The summed E-state index contributed by atoms with van der Waals surface area (Å²) in [6.07, 6.45) is 3.74. The number of nitrogen functional groups attached to an aromatic ring is 1. The van der Waals surface area contributed by atoms with E-state index in [0.717, 1.165) is 26.9 Å². The molecule has 1 aromatic rings. The molecule has 0 atom stereocenters. The zero-order chi connectivity index (χ0) is 13.4. The number of hydrogen-bond acceptors (Lipinski definition) is 3. The van der Waals surface area contributed by atoms with Gasteiger partial charge in [0, 0.05) is 15.4 Å². The van der Waals surface area contributed by atoms with Gasteiger partial charge in [-0.15, -0.1) is 23.5 Å². The van der Waals surface area contributed by atoms with Crippen LogP contribution in [0.3, 0.4) is 0 Å². The van der Waals surface area contributed by atoms with Gasteiger partial charge in [-0.05, 0) is 30.1 Å². The Morgan fingerprint density at radius 2 is 1.83 bits per heavy atom. The topological polar surface area (TPSA) is 49.9 Å². The first-order valence-corrected chi connectivity index (χ1v) is 8.40. The standard InChI is InChI=1S/C14H22N2S2/c1-3-5-6-10-18-12-9-7-8-11(17-4-2)13(12)14(15)16/h7-9H,3-6,10H2,1-2H3,(H3,15,16). The van der Waals surface area contributed by atoms with E-state index >= 15 is 0 Å². The van der Waals surface area contributed by atoms with Gasteiger partial charge in [0.25, 0.3) is 0 Å². The van der Waals surface area contributed by atoms with Crippen molar-refractivity contribution in [1.82, 2.24) is 0 Å². The Labute approximate surface area is 119 Å². The quantitative estimate of drug-likeness (QED) is 0.322. The Kier molecular flexibility index (Phi) is 7.28. The molecular weight excluding hydrogens is 260 g/mol. The number of rotatable bonds is 8. The van der Waals surface area contributed by atoms with Crippen LogP contribution in [-0.4, -0.2) is 17.3 Å². The maximum Gasteiger partial charge on any atom is 0.125 e. The minimum atomic E-state index is 0.185. The van der Waals surface area contributed by atoms with Gasteiger partial charge in [-0.3, -0.25) is 5.41 Å². The van der Waals surface area contributed by atoms with Crippen LogP contribution in [0.2, 0.25) is 0 Å². The van der Waals surface area contributed by atoms with E-state index in [1.165, 1.54) is 19.3 Å². The Balaban J connectivity index is 2.82. The largest absolute Gasteiger partial charge is 0.384 e. The lowest BCUT2D eigenvalue weighted by atomic mass is 10.2. The number of amidine groups is 1. The van der Waals surface area contributed by atoms with Crippen LogP contribution >= 0.6 is 23.5 Å². The van der Waals surface area contributed by atoms with Gasteiger partial charge in [0.05, 0.1) is 0 Å². The number of unbranched alkanes of at least 4 members (excludes halogenated alkanes) is 2. The predicted octanol–water partition coefficient (Wildman–Crippen LogP) is 4.36. The van der Waals surface area contributed by atoms with Gasteiger partial charge in [0.2, 0.25) is 0 Å². The normalized spacial score (nSPS) is 10.6. The summed E-state index contributed by atoms with van der Waals surface area (Å²) < 4.78 is 0. The van der Waals surface area contributed by atoms with Crippen LogP contribution in [-0.2, 0) is 0 Å². The molecule has 0 aliphatic rings. The minimum absolute atomic E-state index is 0.185. The first-order valence-electron chi connectivity index (χ1n) is 6.43.